The van der Waals surface area contributed by atoms with Crippen molar-refractivity contribution in [2.45, 2.75) is 96.8 Å². The van der Waals surface area contributed by atoms with Crippen LogP contribution >= 0.6 is 11.3 Å². The van der Waals surface area contributed by atoms with Gasteiger partial charge in [-0.15, -0.1) is 11.3 Å². The molecule has 0 radical (unpaired) electrons. The molecule has 2 fully saturated rings. The molecule has 188 valence electrons. The zero-order valence-corrected chi connectivity index (χ0v) is 21.2. The summed E-state index contributed by atoms with van der Waals surface area (Å²) >= 11 is 1.51. The Morgan fingerprint density at radius 2 is 1.50 bits per heavy atom. The summed E-state index contributed by atoms with van der Waals surface area (Å²) in [6.07, 6.45) is 15.1. The van der Waals surface area contributed by atoms with Crippen LogP contribution in [0.5, 0.6) is 0 Å². The molecule has 0 aromatic carbocycles. The van der Waals surface area contributed by atoms with E-state index in [1.165, 1.54) is 54.7 Å². The SMILES string of the molecule is CCOC(=O)c1c(NC(=O)[C@@H]2[C@H]3CC[C@@H](C3)[C@H]2C(=O)O)sc2c1CCCCCCCCCCC2. The lowest BCUT2D eigenvalue weighted by molar-refractivity contribution is -0.148. The second-order valence-corrected chi connectivity index (χ2v) is 11.4. The predicted octanol–water partition coefficient (Wildman–Crippen LogP) is 6.22. The molecule has 7 heteroatoms. The van der Waals surface area contributed by atoms with Crippen LogP contribution in [-0.2, 0) is 27.2 Å². The number of carbonyl (C=O) groups is 3. The first-order valence-corrected chi connectivity index (χ1v) is 14.2. The molecule has 2 bridgehead atoms. The van der Waals surface area contributed by atoms with Gasteiger partial charge in [0.1, 0.15) is 5.00 Å². The van der Waals surface area contributed by atoms with Crippen molar-refractivity contribution in [1.29, 1.82) is 0 Å². The van der Waals surface area contributed by atoms with Crippen molar-refractivity contribution in [2.75, 3.05) is 11.9 Å². The van der Waals surface area contributed by atoms with Gasteiger partial charge in [-0.25, -0.2) is 4.79 Å². The quantitative estimate of drug-likeness (QED) is 0.479. The minimum atomic E-state index is -0.869. The molecule has 0 saturated heterocycles. The van der Waals surface area contributed by atoms with Gasteiger partial charge in [0.2, 0.25) is 5.91 Å². The zero-order chi connectivity index (χ0) is 24.1. The summed E-state index contributed by atoms with van der Waals surface area (Å²) in [7, 11) is 0. The number of hydrogen-bond acceptors (Lipinski definition) is 5. The molecule has 34 heavy (non-hydrogen) atoms. The highest BCUT2D eigenvalue weighted by Crippen LogP contribution is 2.53. The van der Waals surface area contributed by atoms with Crippen molar-refractivity contribution < 1.29 is 24.2 Å². The summed E-state index contributed by atoms with van der Waals surface area (Å²) in [5.74, 6) is -2.39. The maximum absolute atomic E-state index is 13.4. The molecule has 2 N–H and O–H groups in total. The van der Waals surface area contributed by atoms with Crippen molar-refractivity contribution in [1.82, 2.24) is 0 Å². The second-order valence-electron chi connectivity index (χ2n) is 10.3. The summed E-state index contributed by atoms with van der Waals surface area (Å²) in [5, 5.41) is 13.4. The van der Waals surface area contributed by atoms with Gasteiger partial charge in [-0.05, 0) is 69.3 Å². The van der Waals surface area contributed by atoms with E-state index in [4.69, 9.17) is 4.74 Å². The van der Waals surface area contributed by atoms with Crippen molar-refractivity contribution in [3.05, 3.63) is 16.0 Å². The Morgan fingerprint density at radius 3 is 2.12 bits per heavy atom. The van der Waals surface area contributed by atoms with E-state index < -0.39 is 17.8 Å². The highest BCUT2D eigenvalue weighted by atomic mass is 32.1. The van der Waals surface area contributed by atoms with Crippen LogP contribution < -0.4 is 5.32 Å². The first-order valence-electron chi connectivity index (χ1n) is 13.4. The topological polar surface area (TPSA) is 92.7 Å². The smallest absolute Gasteiger partial charge is 0.341 e. The molecule has 3 aliphatic carbocycles. The van der Waals surface area contributed by atoms with E-state index in [0.717, 1.165) is 56.9 Å². The lowest BCUT2D eigenvalue weighted by Crippen LogP contribution is -2.38. The molecule has 1 aromatic heterocycles. The fraction of sp³-hybridized carbons (Fsp3) is 0.741. The highest BCUT2D eigenvalue weighted by Gasteiger charge is 2.54. The van der Waals surface area contributed by atoms with Crippen LogP contribution in [-0.4, -0.2) is 29.6 Å². The normalized spacial score (nSPS) is 27.7. The Morgan fingerprint density at radius 1 is 0.912 bits per heavy atom. The number of ether oxygens (including phenoxy) is 1. The Kier molecular flexibility index (Phi) is 8.67. The average molecular weight is 490 g/mol. The molecule has 4 atom stereocenters. The molecule has 0 unspecified atom stereocenters. The van der Waals surface area contributed by atoms with Crippen LogP contribution in [0.2, 0.25) is 0 Å². The summed E-state index contributed by atoms with van der Waals surface area (Å²) in [6, 6.07) is 0. The van der Waals surface area contributed by atoms with Crippen molar-refractivity contribution >= 4 is 34.2 Å². The summed E-state index contributed by atoms with van der Waals surface area (Å²) in [5.41, 5.74) is 1.56. The maximum Gasteiger partial charge on any atom is 0.341 e. The van der Waals surface area contributed by atoms with Gasteiger partial charge in [-0.3, -0.25) is 9.59 Å². The zero-order valence-electron chi connectivity index (χ0n) is 20.4. The minimum Gasteiger partial charge on any atom is -0.481 e. The molecule has 2 saturated carbocycles. The van der Waals surface area contributed by atoms with E-state index in [0.29, 0.717) is 10.6 Å². The predicted molar refractivity (Wildman–Crippen MR) is 133 cm³/mol. The molecule has 1 heterocycles. The third-order valence-corrected chi connectivity index (χ3v) is 9.35. The van der Waals surface area contributed by atoms with Crippen LogP contribution in [0.25, 0.3) is 0 Å². The van der Waals surface area contributed by atoms with Crippen LogP contribution in [0.4, 0.5) is 5.00 Å². The molecule has 0 spiro atoms. The number of amides is 1. The number of carboxylic acids is 1. The van der Waals surface area contributed by atoms with Gasteiger partial charge in [-0.1, -0.05) is 44.9 Å². The maximum atomic E-state index is 13.4. The number of anilines is 1. The summed E-state index contributed by atoms with van der Waals surface area (Å²) in [6.45, 7) is 2.08. The standard InChI is InChI=1S/C27H39NO5S/c1-2-33-27(32)23-19-12-10-8-6-4-3-5-7-9-11-13-20(19)34-25(23)28-24(29)21-17-14-15-18(16-17)22(21)26(30)31/h17-18,21-22H,2-16H2,1H3,(H,28,29)(H,30,31)/t17-,18-,21+,22+/m0/s1. The Balaban J connectivity index is 1.61. The molecule has 3 aliphatic rings. The van der Waals surface area contributed by atoms with Gasteiger partial charge < -0.3 is 15.2 Å². The van der Waals surface area contributed by atoms with E-state index in [1.807, 2.05) is 0 Å². The van der Waals surface area contributed by atoms with E-state index in [2.05, 4.69) is 5.32 Å². The fourth-order valence-electron chi connectivity index (χ4n) is 6.53. The molecule has 1 amide bonds. The van der Waals surface area contributed by atoms with Gasteiger partial charge in [0.05, 0.1) is 24.0 Å². The molecular formula is C27H39NO5S. The number of aliphatic carboxylic acids is 1. The molecule has 6 nitrogen and oxygen atoms in total. The summed E-state index contributed by atoms with van der Waals surface area (Å²) < 4.78 is 5.42. The monoisotopic (exact) mass is 489 g/mol. The number of esters is 1. The van der Waals surface area contributed by atoms with Crippen molar-refractivity contribution in [3.63, 3.8) is 0 Å². The van der Waals surface area contributed by atoms with E-state index in [-0.39, 0.29) is 30.3 Å². The van der Waals surface area contributed by atoms with Gasteiger partial charge in [-0.2, -0.15) is 0 Å². The number of thiophene rings is 1. The first-order chi connectivity index (χ1) is 16.5. The van der Waals surface area contributed by atoms with Crippen LogP contribution in [0.1, 0.15) is 105 Å². The number of hydrogen-bond donors (Lipinski definition) is 2. The Hall–Kier alpha value is -1.89. The first kappa shape index (κ1) is 25.2. The molecule has 4 rings (SSSR count). The summed E-state index contributed by atoms with van der Waals surface area (Å²) in [4.78, 5) is 39.6. The molecule has 0 aliphatic heterocycles. The van der Waals surface area contributed by atoms with Gasteiger partial charge in [0, 0.05) is 4.88 Å². The number of fused-ring (bicyclic) bond motifs is 3. The lowest BCUT2D eigenvalue weighted by Gasteiger charge is -2.27. The van der Waals surface area contributed by atoms with Gasteiger partial charge in [0.15, 0.2) is 0 Å². The van der Waals surface area contributed by atoms with Crippen molar-refractivity contribution in [3.8, 4) is 0 Å². The van der Waals surface area contributed by atoms with Crippen LogP contribution in [0.3, 0.4) is 0 Å². The number of carboxylic acid groups (broad SMARTS) is 1. The average Bonchev–Trinajstić information content (AvgIpc) is 3.50. The third kappa shape index (κ3) is 5.50. The van der Waals surface area contributed by atoms with E-state index in [1.54, 1.807) is 6.92 Å². The largest absolute Gasteiger partial charge is 0.481 e. The number of aryl methyl sites for hydroxylation is 1. The number of rotatable bonds is 5. The van der Waals surface area contributed by atoms with E-state index >= 15 is 0 Å². The lowest BCUT2D eigenvalue weighted by atomic mass is 9.78. The van der Waals surface area contributed by atoms with Crippen molar-refractivity contribution in [2.24, 2.45) is 23.7 Å². The minimum absolute atomic E-state index is 0.0933. The van der Waals surface area contributed by atoms with Gasteiger partial charge in [0.25, 0.3) is 0 Å². The highest BCUT2D eigenvalue weighted by molar-refractivity contribution is 7.17. The number of carbonyl (C=O) groups excluding carboxylic acids is 2. The van der Waals surface area contributed by atoms with Crippen LogP contribution in [0.15, 0.2) is 0 Å². The van der Waals surface area contributed by atoms with Gasteiger partial charge >= 0.3 is 11.9 Å². The molecule has 1 aromatic rings. The second kappa shape index (κ2) is 11.7. The Labute approximate surface area is 206 Å². The van der Waals surface area contributed by atoms with E-state index in [9.17, 15) is 19.5 Å². The Bertz CT molecular complexity index is 894. The third-order valence-electron chi connectivity index (χ3n) is 8.14. The molecular weight excluding hydrogens is 450 g/mol. The number of nitrogens with one attached hydrogen (secondary N) is 1. The fourth-order valence-corrected chi connectivity index (χ4v) is 7.81. The van der Waals surface area contributed by atoms with Crippen LogP contribution in [0, 0.1) is 23.7 Å².